The number of nitrogens with one attached hydrogen (secondary N) is 1. The number of aromatic nitrogens is 2. The van der Waals surface area contributed by atoms with Crippen LogP contribution in [0.1, 0.15) is 44.8 Å². The summed E-state index contributed by atoms with van der Waals surface area (Å²) in [6.07, 6.45) is 5.92. The quantitative estimate of drug-likeness (QED) is 0.923. The fourth-order valence-corrected chi connectivity index (χ4v) is 2.58. The van der Waals surface area contributed by atoms with E-state index in [9.17, 15) is 0 Å². The Labute approximate surface area is 123 Å². The maximum absolute atomic E-state index is 4.63. The lowest BCUT2D eigenvalue weighted by molar-refractivity contribution is 0.213. The zero-order valence-corrected chi connectivity index (χ0v) is 13.1. The van der Waals surface area contributed by atoms with E-state index in [0.717, 1.165) is 13.1 Å². The summed E-state index contributed by atoms with van der Waals surface area (Å²) in [6.45, 7) is 7.61. The summed E-state index contributed by atoms with van der Waals surface area (Å²) in [7, 11) is 2.23. The molecule has 1 N–H and O–H groups in total. The molecule has 2 rings (SSSR count). The van der Waals surface area contributed by atoms with Crippen molar-refractivity contribution in [3.63, 3.8) is 0 Å². The summed E-state index contributed by atoms with van der Waals surface area (Å²) in [6, 6.07) is 3.29. The Morgan fingerprint density at radius 1 is 1.42 bits per heavy atom. The maximum atomic E-state index is 4.63. The molecule has 19 heavy (non-hydrogen) atoms. The van der Waals surface area contributed by atoms with Gasteiger partial charge in [0.25, 0.3) is 0 Å². The fraction of sp³-hybridized carbons (Fsp3) is 0.786. The molecule has 1 aromatic rings. The van der Waals surface area contributed by atoms with Crippen molar-refractivity contribution in [3.05, 3.63) is 18.0 Å². The predicted octanol–water partition coefficient (Wildman–Crippen LogP) is 2.46. The molecule has 1 saturated heterocycles. The first-order valence-corrected chi connectivity index (χ1v) is 7.12. The Balaban J connectivity index is 0.00000180. The van der Waals surface area contributed by atoms with Crippen LogP contribution in [-0.2, 0) is 6.54 Å². The highest BCUT2D eigenvalue weighted by Crippen LogP contribution is 2.14. The second-order valence-electron chi connectivity index (χ2n) is 5.63. The second kappa shape index (κ2) is 7.88. The molecule has 1 aliphatic heterocycles. The summed E-state index contributed by atoms with van der Waals surface area (Å²) in [5.41, 5.74) is 1.18. The minimum absolute atomic E-state index is 0. The van der Waals surface area contributed by atoms with Gasteiger partial charge in [-0.25, -0.2) is 0 Å². The molecule has 0 aromatic carbocycles. The van der Waals surface area contributed by atoms with Gasteiger partial charge in [-0.2, -0.15) is 5.10 Å². The number of hydrogen-bond donors (Lipinski definition) is 1. The van der Waals surface area contributed by atoms with Crippen molar-refractivity contribution in [1.29, 1.82) is 0 Å². The SMILES string of the molecule is CC(C)n1ccc(CN(C)C2CCCNCC2)n1.Cl. The smallest absolute Gasteiger partial charge is 0.0764 e. The zero-order chi connectivity index (χ0) is 13.0. The highest BCUT2D eigenvalue weighted by molar-refractivity contribution is 5.85. The average Bonchev–Trinajstić information content (AvgIpc) is 2.64. The Bertz CT molecular complexity index is 356. The Morgan fingerprint density at radius 2 is 2.21 bits per heavy atom. The molecule has 2 heterocycles. The zero-order valence-electron chi connectivity index (χ0n) is 12.3. The number of hydrogen-bond acceptors (Lipinski definition) is 3. The third-order valence-electron chi connectivity index (χ3n) is 3.77. The lowest BCUT2D eigenvalue weighted by Gasteiger charge is -2.25. The normalized spacial score (nSPS) is 20.4. The number of nitrogens with zero attached hydrogens (tertiary/aromatic N) is 3. The molecule has 0 amide bonds. The summed E-state index contributed by atoms with van der Waals surface area (Å²) >= 11 is 0. The van der Waals surface area contributed by atoms with Crippen LogP contribution in [0.4, 0.5) is 0 Å². The van der Waals surface area contributed by atoms with E-state index >= 15 is 0 Å². The van der Waals surface area contributed by atoms with Crippen LogP contribution in [0.2, 0.25) is 0 Å². The van der Waals surface area contributed by atoms with Crippen LogP contribution in [0.15, 0.2) is 12.3 Å². The van der Waals surface area contributed by atoms with E-state index in [0.29, 0.717) is 12.1 Å². The van der Waals surface area contributed by atoms with Gasteiger partial charge in [-0.1, -0.05) is 0 Å². The molecular formula is C14H27ClN4. The minimum Gasteiger partial charge on any atom is -0.317 e. The molecule has 1 aromatic heterocycles. The topological polar surface area (TPSA) is 33.1 Å². The number of halogens is 1. The van der Waals surface area contributed by atoms with Crippen LogP contribution in [0.25, 0.3) is 0 Å². The van der Waals surface area contributed by atoms with E-state index in [-0.39, 0.29) is 12.4 Å². The Hall–Kier alpha value is -0.580. The van der Waals surface area contributed by atoms with Gasteiger partial charge in [0.15, 0.2) is 0 Å². The van der Waals surface area contributed by atoms with Gasteiger partial charge in [0, 0.05) is 24.8 Å². The van der Waals surface area contributed by atoms with Crippen molar-refractivity contribution in [3.8, 4) is 0 Å². The van der Waals surface area contributed by atoms with Crippen LogP contribution < -0.4 is 5.32 Å². The molecule has 1 unspecified atom stereocenters. The summed E-state index contributed by atoms with van der Waals surface area (Å²) < 4.78 is 2.04. The van der Waals surface area contributed by atoms with Gasteiger partial charge in [-0.15, -0.1) is 12.4 Å². The molecule has 0 spiro atoms. The molecular weight excluding hydrogens is 260 g/mol. The Kier molecular flexibility index (Phi) is 6.83. The number of rotatable bonds is 4. The van der Waals surface area contributed by atoms with E-state index in [2.05, 4.69) is 48.5 Å². The summed E-state index contributed by atoms with van der Waals surface area (Å²) in [4.78, 5) is 2.46. The fourth-order valence-electron chi connectivity index (χ4n) is 2.58. The van der Waals surface area contributed by atoms with Gasteiger partial charge >= 0.3 is 0 Å². The van der Waals surface area contributed by atoms with Crippen molar-refractivity contribution in [1.82, 2.24) is 20.0 Å². The highest BCUT2D eigenvalue weighted by atomic mass is 35.5. The highest BCUT2D eigenvalue weighted by Gasteiger charge is 2.17. The molecule has 0 aliphatic carbocycles. The van der Waals surface area contributed by atoms with Crippen molar-refractivity contribution in [2.75, 3.05) is 20.1 Å². The Morgan fingerprint density at radius 3 is 2.89 bits per heavy atom. The monoisotopic (exact) mass is 286 g/mol. The summed E-state index contributed by atoms with van der Waals surface area (Å²) in [5, 5.41) is 8.10. The van der Waals surface area contributed by atoms with Crippen LogP contribution in [0, 0.1) is 0 Å². The lowest BCUT2D eigenvalue weighted by Crippen LogP contribution is -2.32. The molecule has 1 aliphatic rings. The largest absolute Gasteiger partial charge is 0.317 e. The van der Waals surface area contributed by atoms with E-state index in [1.165, 1.54) is 31.5 Å². The first-order valence-electron chi connectivity index (χ1n) is 7.12. The molecule has 1 fully saturated rings. The first kappa shape index (κ1) is 16.5. The standard InChI is InChI=1S/C14H26N4.ClH/c1-12(2)18-10-7-13(16-18)11-17(3)14-5-4-8-15-9-6-14;/h7,10,12,14-15H,4-6,8-9,11H2,1-3H3;1H. The maximum Gasteiger partial charge on any atom is 0.0764 e. The molecule has 0 radical (unpaired) electrons. The van der Waals surface area contributed by atoms with E-state index in [1.54, 1.807) is 0 Å². The van der Waals surface area contributed by atoms with Crippen LogP contribution in [-0.4, -0.2) is 40.9 Å². The van der Waals surface area contributed by atoms with E-state index < -0.39 is 0 Å². The molecule has 1 atom stereocenters. The molecule has 5 heteroatoms. The molecule has 0 bridgehead atoms. The average molecular weight is 287 g/mol. The van der Waals surface area contributed by atoms with Crippen molar-refractivity contribution in [2.24, 2.45) is 0 Å². The second-order valence-corrected chi connectivity index (χ2v) is 5.63. The molecule has 0 saturated carbocycles. The van der Waals surface area contributed by atoms with E-state index in [1.807, 2.05) is 4.68 Å². The predicted molar refractivity (Wildman–Crippen MR) is 81.8 cm³/mol. The van der Waals surface area contributed by atoms with E-state index in [4.69, 9.17) is 0 Å². The minimum atomic E-state index is 0. The lowest BCUT2D eigenvalue weighted by atomic mass is 10.1. The first-order chi connectivity index (χ1) is 8.66. The third kappa shape index (κ3) is 4.79. The van der Waals surface area contributed by atoms with Crippen LogP contribution in [0.3, 0.4) is 0 Å². The van der Waals surface area contributed by atoms with Gasteiger partial charge < -0.3 is 5.32 Å². The summed E-state index contributed by atoms with van der Waals surface area (Å²) in [5.74, 6) is 0. The van der Waals surface area contributed by atoms with Crippen LogP contribution >= 0.6 is 12.4 Å². The van der Waals surface area contributed by atoms with Gasteiger partial charge in [-0.05, 0) is 59.3 Å². The van der Waals surface area contributed by atoms with Crippen molar-refractivity contribution >= 4 is 12.4 Å². The molecule has 4 nitrogen and oxygen atoms in total. The van der Waals surface area contributed by atoms with Gasteiger partial charge in [0.2, 0.25) is 0 Å². The van der Waals surface area contributed by atoms with Gasteiger partial charge in [0.1, 0.15) is 0 Å². The van der Waals surface area contributed by atoms with Crippen molar-refractivity contribution < 1.29 is 0 Å². The third-order valence-corrected chi connectivity index (χ3v) is 3.77. The van der Waals surface area contributed by atoms with Gasteiger partial charge in [-0.3, -0.25) is 9.58 Å². The van der Waals surface area contributed by atoms with Gasteiger partial charge in [0.05, 0.1) is 5.69 Å². The van der Waals surface area contributed by atoms with Crippen molar-refractivity contribution in [2.45, 2.75) is 51.7 Å². The van der Waals surface area contributed by atoms with Crippen LogP contribution in [0.5, 0.6) is 0 Å². The molecule has 110 valence electrons.